The Morgan fingerprint density at radius 2 is 0.906 bits per heavy atom. The van der Waals surface area contributed by atoms with E-state index < -0.39 is 0 Å². The topological polar surface area (TPSA) is 47.1 Å². The average molecular weight is 681 g/mol. The second kappa shape index (κ2) is 12.8. The van der Waals surface area contributed by atoms with Gasteiger partial charge in [0.05, 0.1) is 16.7 Å². The van der Waals surface area contributed by atoms with E-state index in [0.717, 1.165) is 33.8 Å². The molecular weight excluding hydrogens is 649 g/mol. The molecule has 2 heterocycles. The van der Waals surface area contributed by atoms with E-state index >= 15 is 0 Å². The normalized spacial score (nSPS) is 11.4. The van der Waals surface area contributed by atoms with Crippen molar-refractivity contribution in [1.82, 2.24) is 14.8 Å². The summed E-state index contributed by atoms with van der Waals surface area (Å²) in [5, 5.41) is 13.5. The first-order valence-corrected chi connectivity index (χ1v) is 17.7. The predicted molar refractivity (Wildman–Crippen MR) is 217 cm³/mol. The van der Waals surface area contributed by atoms with Crippen molar-refractivity contribution >= 4 is 49.6 Å². The van der Waals surface area contributed by atoms with Gasteiger partial charge in [0.1, 0.15) is 0 Å². The molecule has 8 aromatic carbocycles. The highest BCUT2D eigenvalue weighted by atomic mass is 16.4. The number of para-hydroxylation sites is 2. The van der Waals surface area contributed by atoms with Crippen LogP contribution in [0.25, 0.3) is 72.3 Å². The van der Waals surface area contributed by atoms with E-state index in [2.05, 4.69) is 165 Å². The van der Waals surface area contributed by atoms with Crippen LogP contribution < -0.4 is 4.90 Å². The standard InChI is InChI=1S/C48H32N4O/c1-3-13-35(14-4-1)47-49-50-48(53-47)36-24-29-40(30-25-36)51(38-16-5-2-6-17-38)39-27-22-33(23-28-39)37-26-31-46-43(32-37)42-19-9-10-20-45(42)52(46)44-21-11-15-34-12-7-8-18-41(34)44/h1-32H. The summed E-state index contributed by atoms with van der Waals surface area (Å²) in [6, 6.07) is 68.1. The Morgan fingerprint density at radius 3 is 1.64 bits per heavy atom. The molecule has 0 unspecified atom stereocenters. The first-order valence-electron chi connectivity index (χ1n) is 17.7. The average Bonchev–Trinajstić information content (AvgIpc) is 3.86. The molecular formula is C48H32N4O. The van der Waals surface area contributed by atoms with E-state index in [9.17, 15) is 0 Å². The fourth-order valence-electron chi connectivity index (χ4n) is 7.43. The Labute approximate surface area is 306 Å². The molecule has 0 fully saturated rings. The number of hydrogen-bond acceptors (Lipinski definition) is 4. The van der Waals surface area contributed by atoms with Gasteiger partial charge in [-0.2, -0.15) is 0 Å². The Hall–Kier alpha value is -7.24. The molecule has 0 atom stereocenters. The minimum absolute atomic E-state index is 0.489. The van der Waals surface area contributed by atoms with E-state index in [-0.39, 0.29) is 0 Å². The number of benzene rings is 8. The van der Waals surface area contributed by atoms with Crippen molar-refractivity contribution in [1.29, 1.82) is 0 Å². The number of anilines is 3. The lowest BCUT2D eigenvalue weighted by Gasteiger charge is -2.25. The third-order valence-electron chi connectivity index (χ3n) is 9.97. The zero-order valence-electron chi connectivity index (χ0n) is 28.7. The highest BCUT2D eigenvalue weighted by Gasteiger charge is 2.17. The van der Waals surface area contributed by atoms with Crippen molar-refractivity contribution in [3.8, 4) is 39.7 Å². The fourth-order valence-corrected chi connectivity index (χ4v) is 7.43. The summed E-state index contributed by atoms with van der Waals surface area (Å²) in [6.07, 6.45) is 0. The second-order valence-corrected chi connectivity index (χ2v) is 13.1. The minimum atomic E-state index is 0.489. The summed E-state index contributed by atoms with van der Waals surface area (Å²) < 4.78 is 8.44. The molecule has 0 bridgehead atoms. The molecule has 250 valence electrons. The lowest BCUT2D eigenvalue weighted by atomic mass is 10.0. The largest absolute Gasteiger partial charge is 0.416 e. The van der Waals surface area contributed by atoms with Gasteiger partial charge in [0.2, 0.25) is 11.8 Å². The van der Waals surface area contributed by atoms with Crippen LogP contribution in [0.5, 0.6) is 0 Å². The van der Waals surface area contributed by atoms with Crippen LogP contribution in [-0.2, 0) is 0 Å². The molecule has 0 saturated carbocycles. The smallest absolute Gasteiger partial charge is 0.248 e. The van der Waals surface area contributed by atoms with Gasteiger partial charge in [-0.1, -0.05) is 109 Å². The van der Waals surface area contributed by atoms with Crippen molar-refractivity contribution in [3.05, 3.63) is 194 Å². The van der Waals surface area contributed by atoms with Gasteiger partial charge in [-0.15, -0.1) is 10.2 Å². The monoisotopic (exact) mass is 680 g/mol. The third-order valence-corrected chi connectivity index (χ3v) is 9.97. The van der Waals surface area contributed by atoms with Gasteiger partial charge in [0.25, 0.3) is 0 Å². The maximum atomic E-state index is 6.03. The molecule has 0 N–H and O–H groups in total. The molecule has 5 nitrogen and oxygen atoms in total. The van der Waals surface area contributed by atoms with Crippen molar-refractivity contribution in [2.75, 3.05) is 4.90 Å². The number of rotatable bonds is 7. The van der Waals surface area contributed by atoms with Crippen LogP contribution in [0.4, 0.5) is 17.1 Å². The summed E-state index contributed by atoms with van der Waals surface area (Å²) in [5.74, 6) is 0.994. The van der Waals surface area contributed by atoms with E-state index in [0.29, 0.717) is 11.8 Å². The highest BCUT2D eigenvalue weighted by molar-refractivity contribution is 6.11. The summed E-state index contributed by atoms with van der Waals surface area (Å²) in [7, 11) is 0. The lowest BCUT2D eigenvalue weighted by Crippen LogP contribution is -2.09. The number of nitrogens with zero attached hydrogens (tertiary/aromatic N) is 4. The van der Waals surface area contributed by atoms with E-state index in [4.69, 9.17) is 4.42 Å². The number of fused-ring (bicyclic) bond motifs is 4. The van der Waals surface area contributed by atoms with Crippen molar-refractivity contribution < 1.29 is 4.42 Å². The molecule has 53 heavy (non-hydrogen) atoms. The molecule has 2 aromatic heterocycles. The van der Waals surface area contributed by atoms with E-state index in [1.54, 1.807) is 0 Å². The van der Waals surface area contributed by atoms with Crippen LogP contribution >= 0.6 is 0 Å². The van der Waals surface area contributed by atoms with Crippen molar-refractivity contribution in [2.45, 2.75) is 0 Å². The molecule has 0 spiro atoms. The molecule has 0 aliphatic carbocycles. The van der Waals surface area contributed by atoms with Crippen molar-refractivity contribution in [3.63, 3.8) is 0 Å². The number of aromatic nitrogens is 3. The van der Waals surface area contributed by atoms with Gasteiger partial charge in [-0.05, 0) is 101 Å². The van der Waals surface area contributed by atoms with Crippen molar-refractivity contribution in [2.24, 2.45) is 0 Å². The first-order chi connectivity index (χ1) is 26.3. The van der Waals surface area contributed by atoms with E-state index in [1.165, 1.54) is 43.8 Å². The third kappa shape index (κ3) is 5.43. The highest BCUT2D eigenvalue weighted by Crippen LogP contribution is 2.39. The zero-order chi connectivity index (χ0) is 35.1. The van der Waals surface area contributed by atoms with Gasteiger partial charge in [0, 0.05) is 44.3 Å². The summed E-state index contributed by atoms with van der Waals surface area (Å²) in [5.41, 5.74) is 10.8. The Bertz CT molecular complexity index is 2870. The Morgan fingerprint density at radius 1 is 0.377 bits per heavy atom. The lowest BCUT2D eigenvalue weighted by molar-refractivity contribution is 0.584. The molecule has 0 aliphatic rings. The van der Waals surface area contributed by atoms with Gasteiger partial charge in [-0.25, -0.2) is 0 Å². The zero-order valence-corrected chi connectivity index (χ0v) is 28.7. The predicted octanol–water partition coefficient (Wildman–Crippen LogP) is 12.8. The molecule has 10 rings (SSSR count). The van der Waals surface area contributed by atoms with Crippen LogP contribution in [0.1, 0.15) is 0 Å². The van der Waals surface area contributed by atoms with Crippen LogP contribution in [0, 0.1) is 0 Å². The first kappa shape index (κ1) is 30.6. The summed E-state index contributed by atoms with van der Waals surface area (Å²) >= 11 is 0. The van der Waals surface area contributed by atoms with Gasteiger partial charge < -0.3 is 13.9 Å². The maximum Gasteiger partial charge on any atom is 0.248 e. The molecule has 0 saturated heterocycles. The molecule has 0 radical (unpaired) electrons. The van der Waals surface area contributed by atoms with Crippen LogP contribution in [0.3, 0.4) is 0 Å². The molecule has 0 amide bonds. The molecule has 0 aliphatic heterocycles. The second-order valence-electron chi connectivity index (χ2n) is 13.1. The maximum absolute atomic E-state index is 6.03. The van der Waals surface area contributed by atoms with Crippen LogP contribution in [0.15, 0.2) is 199 Å². The van der Waals surface area contributed by atoms with E-state index in [1.807, 2.05) is 48.5 Å². The SMILES string of the molecule is c1ccc(-c2nnc(-c3ccc(N(c4ccccc4)c4ccc(-c5ccc6c(c5)c5ccccc5n6-c5cccc6ccccc56)cc4)cc3)o2)cc1. The summed E-state index contributed by atoms with van der Waals surface area (Å²) in [6.45, 7) is 0. The Kier molecular flexibility index (Phi) is 7.40. The fraction of sp³-hybridized carbons (Fsp3) is 0. The van der Waals surface area contributed by atoms with Gasteiger partial charge in [0.15, 0.2) is 0 Å². The Balaban J connectivity index is 1.00. The van der Waals surface area contributed by atoms with Crippen LogP contribution in [0.2, 0.25) is 0 Å². The van der Waals surface area contributed by atoms with Crippen LogP contribution in [-0.4, -0.2) is 14.8 Å². The molecule has 5 heteroatoms. The minimum Gasteiger partial charge on any atom is -0.416 e. The number of hydrogen-bond donors (Lipinski definition) is 0. The quantitative estimate of drug-likeness (QED) is 0.168. The summed E-state index contributed by atoms with van der Waals surface area (Å²) in [4.78, 5) is 2.26. The van der Waals surface area contributed by atoms with Gasteiger partial charge in [-0.3, -0.25) is 0 Å². The van der Waals surface area contributed by atoms with Gasteiger partial charge >= 0.3 is 0 Å². The molecule has 10 aromatic rings.